The summed E-state index contributed by atoms with van der Waals surface area (Å²) >= 11 is 0. The molecule has 1 aliphatic rings. The Morgan fingerprint density at radius 2 is 1.93 bits per heavy atom. The topological polar surface area (TPSA) is 116 Å². The van der Waals surface area contributed by atoms with Crippen LogP contribution >= 0.6 is 0 Å². The maximum absolute atomic E-state index is 12.0. The van der Waals surface area contributed by atoms with Crippen LogP contribution in [0.3, 0.4) is 0 Å². The van der Waals surface area contributed by atoms with E-state index in [4.69, 9.17) is 14.2 Å². The van der Waals surface area contributed by atoms with Gasteiger partial charge >= 0.3 is 0 Å². The van der Waals surface area contributed by atoms with Crippen molar-refractivity contribution < 1.29 is 23.9 Å². The Bertz CT molecular complexity index is 910. The highest BCUT2D eigenvalue weighted by molar-refractivity contribution is 5.90. The molecule has 0 atom stereocenters. The number of rotatable bonds is 8. The SMILES string of the molecule is COc1ccc(OCC(=O)N/N=C/c2cc([N+](=O)[O-])ccc2N2CCOCC2)cc1. The van der Waals surface area contributed by atoms with E-state index in [1.165, 1.54) is 18.3 Å². The molecule has 0 bridgehead atoms. The summed E-state index contributed by atoms with van der Waals surface area (Å²) in [5.74, 6) is 0.744. The number of nitrogens with one attached hydrogen (secondary N) is 1. The van der Waals surface area contributed by atoms with Gasteiger partial charge in [-0.15, -0.1) is 0 Å². The molecule has 1 fully saturated rings. The second-order valence-corrected chi connectivity index (χ2v) is 6.36. The molecule has 1 amide bonds. The van der Waals surface area contributed by atoms with Crippen molar-refractivity contribution in [2.45, 2.75) is 0 Å². The first-order valence-electron chi connectivity index (χ1n) is 9.26. The van der Waals surface area contributed by atoms with Crippen LogP contribution in [-0.2, 0) is 9.53 Å². The minimum absolute atomic E-state index is 0.0531. The van der Waals surface area contributed by atoms with Gasteiger partial charge in [0.25, 0.3) is 11.6 Å². The molecule has 0 aromatic heterocycles. The van der Waals surface area contributed by atoms with Gasteiger partial charge in [0.1, 0.15) is 11.5 Å². The minimum atomic E-state index is -0.471. The molecule has 2 aromatic rings. The number of non-ortho nitro benzene ring substituents is 1. The first-order chi connectivity index (χ1) is 14.6. The molecule has 2 aromatic carbocycles. The van der Waals surface area contributed by atoms with Gasteiger partial charge in [-0.3, -0.25) is 14.9 Å². The van der Waals surface area contributed by atoms with Crippen molar-refractivity contribution in [1.29, 1.82) is 0 Å². The summed E-state index contributed by atoms with van der Waals surface area (Å²) in [6.45, 7) is 2.26. The molecule has 0 radical (unpaired) electrons. The fourth-order valence-corrected chi connectivity index (χ4v) is 2.88. The lowest BCUT2D eigenvalue weighted by atomic mass is 10.1. The molecule has 1 aliphatic heterocycles. The number of amides is 1. The van der Waals surface area contributed by atoms with Crippen LogP contribution in [0.5, 0.6) is 11.5 Å². The molecule has 0 saturated carbocycles. The lowest BCUT2D eigenvalue weighted by Gasteiger charge is -2.29. The van der Waals surface area contributed by atoms with E-state index < -0.39 is 10.8 Å². The highest BCUT2D eigenvalue weighted by Gasteiger charge is 2.17. The Morgan fingerprint density at radius 3 is 2.60 bits per heavy atom. The molecule has 10 nitrogen and oxygen atoms in total. The smallest absolute Gasteiger partial charge is 0.277 e. The summed E-state index contributed by atoms with van der Waals surface area (Å²) in [6.07, 6.45) is 1.39. The number of nitro groups is 1. The van der Waals surface area contributed by atoms with Gasteiger partial charge in [0.2, 0.25) is 0 Å². The number of hydrogen-bond donors (Lipinski definition) is 1. The first-order valence-corrected chi connectivity index (χ1v) is 9.26. The van der Waals surface area contributed by atoms with Crippen molar-refractivity contribution in [3.05, 3.63) is 58.1 Å². The molecule has 1 saturated heterocycles. The summed E-state index contributed by atoms with van der Waals surface area (Å²) in [7, 11) is 1.56. The van der Waals surface area contributed by atoms with E-state index in [-0.39, 0.29) is 12.3 Å². The van der Waals surface area contributed by atoms with Crippen LogP contribution in [0.15, 0.2) is 47.6 Å². The molecule has 10 heteroatoms. The standard InChI is InChI=1S/C20H22N4O6/c1-28-17-3-5-18(6-4-17)30-14-20(25)22-21-13-15-12-16(24(26)27)2-7-19(15)23-8-10-29-11-9-23/h2-7,12-13H,8-11,14H2,1H3,(H,22,25)/b21-13+. The van der Waals surface area contributed by atoms with Crippen LogP contribution in [0, 0.1) is 10.1 Å². The summed E-state index contributed by atoms with van der Waals surface area (Å²) in [5.41, 5.74) is 3.64. The van der Waals surface area contributed by atoms with Crippen LogP contribution in [0.4, 0.5) is 11.4 Å². The number of ether oxygens (including phenoxy) is 3. The van der Waals surface area contributed by atoms with E-state index >= 15 is 0 Å². The third-order valence-electron chi connectivity index (χ3n) is 4.40. The fraction of sp³-hybridized carbons (Fsp3) is 0.300. The summed E-state index contributed by atoms with van der Waals surface area (Å²) < 4.78 is 15.8. The summed E-state index contributed by atoms with van der Waals surface area (Å²) in [5, 5.41) is 15.0. The Kier molecular flexibility index (Phi) is 7.17. The third-order valence-corrected chi connectivity index (χ3v) is 4.40. The van der Waals surface area contributed by atoms with Gasteiger partial charge in [0.15, 0.2) is 6.61 Å². The molecule has 158 valence electrons. The molecule has 30 heavy (non-hydrogen) atoms. The van der Waals surface area contributed by atoms with Crippen molar-refractivity contribution in [2.75, 3.05) is 44.9 Å². The molecule has 1 heterocycles. The van der Waals surface area contributed by atoms with Gasteiger partial charge in [-0.1, -0.05) is 0 Å². The fourth-order valence-electron chi connectivity index (χ4n) is 2.88. The molecular weight excluding hydrogens is 392 g/mol. The molecule has 3 rings (SSSR count). The molecule has 0 unspecified atom stereocenters. The maximum Gasteiger partial charge on any atom is 0.277 e. The number of anilines is 1. The summed E-state index contributed by atoms with van der Waals surface area (Å²) in [6, 6.07) is 11.4. The number of hydrogen-bond acceptors (Lipinski definition) is 8. The number of benzene rings is 2. The Hall–Kier alpha value is -3.66. The van der Waals surface area contributed by atoms with Crippen LogP contribution in [0.2, 0.25) is 0 Å². The van der Waals surface area contributed by atoms with Gasteiger partial charge in [0.05, 0.1) is 31.5 Å². The first kappa shape index (κ1) is 21.1. The highest BCUT2D eigenvalue weighted by atomic mass is 16.6. The Labute approximate surface area is 173 Å². The number of hydrazone groups is 1. The van der Waals surface area contributed by atoms with Crippen molar-refractivity contribution in [3.8, 4) is 11.5 Å². The van der Waals surface area contributed by atoms with E-state index in [2.05, 4.69) is 15.4 Å². The van der Waals surface area contributed by atoms with Crippen molar-refractivity contribution in [2.24, 2.45) is 5.10 Å². The Morgan fingerprint density at radius 1 is 1.23 bits per heavy atom. The maximum atomic E-state index is 12.0. The quantitative estimate of drug-likeness (QED) is 0.399. The largest absolute Gasteiger partial charge is 0.497 e. The zero-order chi connectivity index (χ0) is 21.3. The molecule has 0 aliphatic carbocycles. The predicted molar refractivity (Wildman–Crippen MR) is 110 cm³/mol. The number of morpholine rings is 1. The van der Waals surface area contributed by atoms with Crippen LogP contribution in [0.1, 0.15) is 5.56 Å². The highest BCUT2D eigenvalue weighted by Crippen LogP contribution is 2.25. The zero-order valence-corrected chi connectivity index (χ0v) is 16.4. The lowest BCUT2D eigenvalue weighted by Crippen LogP contribution is -2.36. The van der Waals surface area contributed by atoms with Gasteiger partial charge in [-0.2, -0.15) is 5.10 Å². The number of carbonyl (C=O) groups is 1. The number of nitrogens with zero attached hydrogens (tertiary/aromatic N) is 3. The predicted octanol–water partition coefficient (Wildman–Crippen LogP) is 1.97. The van der Waals surface area contributed by atoms with Crippen molar-refractivity contribution in [3.63, 3.8) is 0 Å². The van der Waals surface area contributed by atoms with E-state index in [0.29, 0.717) is 43.4 Å². The van der Waals surface area contributed by atoms with Gasteiger partial charge in [-0.05, 0) is 30.3 Å². The molecule has 1 N–H and O–H groups in total. The van der Waals surface area contributed by atoms with Gasteiger partial charge in [-0.25, -0.2) is 5.43 Å². The van der Waals surface area contributed by atoms with Crippen LogP contribution in [0.25, 0.3) is 0 Å². The monoisotopic (exact) mass is 414 g/mol. The van der Waals surface area contributed by atoms with E-state index in [1.54, 1.807) is 37.4 Å². The number of carbonyl (C=O) groups excluding carboxylic acids is 1. The average Bonchev–Trinajstić information content (AvgIpc) is 2.78. The molecule has 0 spiro atoms. The van der Waals surface area contributed by atoms with E-state index in [1.807, 2.05) is 0 Å². The van der Waals surface area contributed by atoms with Gasteiger partial charge in [0, 0.05) is 36.5 Å². The second kappa shape index (κ2) is 10.2. The zero-order valence-electron chi connectivity index (χ0n) is 16.4. The third kappa shape index (κ3) is 5.67. The number of nitro benzene ring substituents is 1. The molecular formula is C20H22N4O6. The lowest BCUT2D eigenvalue weighted by molar-refractivity contribution is -0.384. The van der Waals surface area contributed by atoms with Crippen LogP contribution < -0.4 is 19.8 Å². The normalized spacial score (nSPS) is 13.8. The number of methoxy groups -OCH3 is 1. The summed E-state index contributed by atoms with van der Waals surface area (Å²) in [4.78, 5) is 24.7. The minimum Gasteiger partial charge on any atom is -0.497 e. The van der Waals surface area contributed by atoms with Gasteiger partial charge < -0.3 is 19.1 Å². The average molecular weight is 414 g/mol. The second-order valence-electron chi connectivity index (χ2n) is 6.36. The van der Waals surface area contributed by atoms with E-state index in [0.717, 1.165) is 5.69 Å². The van der Waals surface area contributed by atoms with E-state index in [9.17, 15) is 14.9 Å². The Balaban J connectivity index is 1.62. The van der Waals surface area contributed by atoms with Crippen molar-refractivity contribution >= 4 is 23.5 Å². The van der Waals surface area contributed by atoms with Crippen molar-refractivity contribution in [1.82, 2.24) is 5.43 Å². The van der Waals surface area contributed by atoms with Crippen LogP contribution in [-0.4, -0.2) is 57.1 Å².